The first-order valence-electron chi connectivity index (χ1n) is 7.99. The maximum absolute atomic E-state index is 12.7. The Kier molecular flexibility index (Phi) is 5.60. The molecule has 0 fully saturated rings. The van der Waals surface area contributed by atoms with E-state index in [1.165, 1.54) is 18.4 Å². The quantitative estimate of drug-likeness (QED) is 0.648. The molecule has 0 radical (unpaired) electrons. The zero-order valence-corrected chi connectivity index (χ0v) is 15.3. The van der Waals surface area contributed by atoms with Crippen LogP contribution in [-0.2, 0) is 16.0 Å². The monoisotopic (exact) mass is 370 g/mol. The van der Waals surface area contributed by atoms with Gasteiger partial charge in [0.15, 0.2) is 4.80 Å². The van der Waals surface area contributed by atoms with Crippen molar-refractivity contribution >= 4 is 33.4 Å². The van der Waals surface area contributed by atoms with Crippen molar-refractivity contribution in [3.8, 4) is 0 Å². The van der Waals surface area contributed by atoms with Gasteiger partial charge >= 0.3 is 5.97 Å². The first kappa shape index (κ1) is 18.0. The zero-order valence-electron chi connectivity index (χ0n) is 14.5. The number of carbonyl (C=O) groups is 2. The van der Waals surface area contributed by atoms with Crippen molar-refractivity contribution in [3.63, 3.8) is 0 Å². The standard InChI is InChI=1S/C19H18N2O4S/c1-24-12-11-21-15-9-5-6-10-16(15)26-19(21)20-17(22)13-7-3-4-8-14(13)18(23)25-2/h3-10H,11-12H2,1-2H3. The van der Waals surface area contributed by atoms with Gasteiger partial charge in [-0.05, 0) is 24.3 Å². The van der Waals surface area contributed by atoms with Gasteiger partial charge in [0.05, 0.1) is 35.1 Å². The number of para-hydroxylation sites is 1. The fourth-order valence-corrected chi connectivity index (χ4v) is 3.66. The molecule has 1 amide bonds. The minimum absolute atomic E-state index is 0.202. The van der Waals surface area contributed by atoms with Gasteiger partial charge in [-0.25, -0.2) is 4.79 Å². The van der Waals surface area contributed by atoms with E-state index >= 15 is 0 Å². The first-order valence-corrected chi connectivity index (χ1v) is 8.81. The number of carbonyl (C=O) groups excluding carboxylic acids is 2. The van der Waals surface area contributed by atoms with Crippen LogP contribution in [0.15, 0.2) is 53.5 Å². The lowest BCUT2D eigenvalue weighted by Crippen LogP contribution is -2.20. The zero-order chi connectivity index (χ0) is 18.5. The van der Waals surface area contributed by atoms with E-state index in [-0.39, 0.29) is 11.1 Å². The van der Waals surface area contributed by atoms with E-state index in [1.54, 1.807) is 31.4 Å². The van der Waals surface area contributed by atoms with Crippen molar-refractivity contribution in [1.29, 1.82) is 0 Å². The third-order valence-electron chi connectivity index (χ3n) is 3.87. The molecule has 6 nitrogen and oxygen atoms in total. The van der Waals surface area contributed by atoms with Crippen molar-refractivity contribution in [2.75, 3.05) is 20.8 Å². The number of esters is 1. The summed E-state index contributed by atoms with van der Waals surface area (Å²) in [4.78, 5) is 29.5. The molecular formula is C19H18N2O4S. The molecule has 3 aromatic rings. The van der Waals surface area contributed by atoms with Crippen molar-refractivity contribution in [2.24, 2.45) is 4.99 Å². The summed E-state index contributed by atoms with van der Waals surface area (Å²) >= 11 is 1.42. The molecule has 0 bridgehead atoms. The van der Waals surface area contributed by atoms with E-state index in [0.717, 1.165) is 10.2 Å². The molecule has 0 aliphatic rings. The van der Waals surface area contributed by atoms with Crippen molar-refractivity contribution < 1.29 is 19.1 Å². The first-order chi connectivity index (χ1) is 12.7. The van der Waals surface area contributed by atoms with Crippen LogP contribution < -0.4 is 4.80 Å². The predicted octanol–water partition coefficient (Wildman–Crippen LogP) is 2.88. The van der Waals surface area contributed by atoms with Crippen LogP contribution in [0.25, 0.3) is 10.2 Å². The summed E-state index contributed by atoms with van der Waals surface area (Å²) in [6.45, 7) is 1.08. The number of fused-ring (bicyclic) bond motifs is 1. The number of thiazole rings is 1. The molecule has 1 heterocycles. The van der Waals surface area contributed by atoms with Gasteiger partial charge in [-0.3, -0.25) is 4.79 Å². The Balaban J connectivity index is 2.10. The summed E-state index contributed by atoms with van der Waals surface area (Å²) in [6, 6.07) is 14.3. The lowest BCUT2D eigenvalue weighted by atomic mass is 10.1. The molecule has 2 aromatic carbocycles. The Morgan fingerprint density at radius 2 is 1.73 bits per heavy atom. The average Bonchev–Trinajstić information content (AvgIpc) is 3.02. The van der Waals surface area contributed by atoms with Gasteiger partial charge in [0, 0.05) is 13.7 Å². The van der Waals surface area contributed by atoms with Crippen LogP contribution >= 0.6 is 11.3 Å². The molecule has 0 saturated heterocycles. The number of rotatable bonds is 5. The Morgan fingerprint density at radius 1 is 1.04 bits per heavy atom. The second-order valence-electron chi connectivity index (χ2n) is 5.45. The van der Waals surface area contributed by atoms with Crippen LogP contribution in [0.1, 0.15) is 20.7 Å². The van der Waals surface area contributed by atoms with E-state index in [4.69, 9.17) is 9.47 Å². The molecule has 0 aliphatic carbocycles. The van der Waals surface area contributed by atoms with E-state index in [0.29, 0.717) is 18.0 Å². The topological polar surface area (TPSA) is 69.9 Å². The van der Waals surface area contributed by atoms with Gasteiger partial charge in [-0.15, -0.1) is 0 Å². The van der Waals surface area contributed by atoms with Crippen molar-refractivity contribution in [2.45, 2.75) is 6.54 Å². The molecular weight excluding hydrogens is 352 g/mol. The minimum atomic E-state index is -0.562. The lowest BCUT2D eigenvalue weighted by molar-refractivity contribution is 0.0597. The molecule has 0 atom stereocenters. The largest absolute Gasteiger partial charge is 0.465 e. The molecule has 3 rings (SSSR count). The van der Waals surface area contributed by atoms with Crippen LogP contribution in [0.4, 0.5) is 0 Å². The van der Waals surface area contributed by atoms with Gasteiger partial charge in [0.25, 0.3) is 5.91 Å². The van der Waals surface area contributed by atoms with Gasteiger partial charge in [0.2, 0.25) is 0 Å². The molecule has 0 spiro atoms. The average molecular weight is 370 g/mol. The molecule has 134 valence electrons. The van der Waals surface area contributed by atoms with Gasteiger partial charge in [-0.2, -0.15) is 4.99 Å². The van der Waals surface area contributed by atoms with Gasteiger partial charge < -0.3 is 14.0 Å². The van der Waals surface area contributed by atoms with Gasteiger partial charge in [0.1, 0.15) is 0 Å². The molecule has 0 unspecified atom stereocenters. The van der Waals surface area contributed by atoms with E-state index in [2.05, 4.69) is 4.99 Å². The summed E-state index contributed by atoms with van der Waals surface area (Å²) in [5.74, 6) is -1.04. The van der Waals surface area contributed by atoms with Crippen molar-refractivity contribution in [1.82, 2.24) is 4.57 Å². The third-order valence-corrected chi connectivity index (χ3v) is 4.93. The third kappa shape index (κ3) is 3.58. The number of nitrogens with zero attached hydrogens (tertiary/aromatic N) is 2. The van der Waals surface area contributed by atoms with Crippen LogP contribution in [0.5, 0.6) is 0 Å². The normalized spacial score (nSPS) is 11.7. The smallest absolute Gasteiger partial charge is 0.338 e. The predicted molar refractivity (Wildman–Crippen MR) is 99.4 cm³/mol. The van der Waals surface area contributed by atoms with Crippen LogP contribution in [0.2, 0.25) is 0 Å². The second-order valence-corrected chi connectivity index (χ2v) is 6.46. The minimum Gasteiger partial charge on any atom is -0.465 e. The molecule has 0 N–H and O–H groups in total. The van der Waals surface area contributed by atoms with Crippen LogP contribution in [0, 0.1) is 0 Å². The molecule has 1 aromatic heterocycles. The van der Waals surface area contributed by atoms with Crippen LogP contribution in [-0.4, -0.2) is 37.3 Å². The molecule has 0 aliphatic heterocycles. The maximum Gasteiger partial charge on any atom is 0.338 e. The van der Waals surface area contributed by atoms with E-state index in [1.807, 2.05) is 28.8 Å². The fraction of sp³-hybridized carbons (Fsp3) is 0.211. The Bertz CT molecular complexity index is 1020. The highest BCUT2D eigenvalue weighted by Gasteiger charge is 2.17. The van der Waals surface area contributed by atoms with E-state index < -0.39 is 11.9 Å². The number of benzene rings is 2. The summed E-state index contributed by atoms with van der Waals surface area (Å²) in [7, 11) is 2.91. The molecule has 7 heteroatoms. The summed E-state index contributed by atoms with van der Waals surface area (Å²) in [5, 5.41) is 0. The summed E-state index contributed by atoms with van der Waals surface area (Å²) in [5.41, 5.74) is 1.41. The number of methoxy groups -OCH3 is 2. The molecule has 26 heavy (non-hydrogen) atoms. The second kappa shape index (κ2) is 8.07. The number of amides is 1. The molecule has 0 saturated carbocycles. The van der Waals surface area contributed by atoms with Crippen molar-refractivity contribution in [3.05, 3.63) is 64.5 Å². The number of hydrogen-bond donors (Lipinski definition) is 0. The summed E-state index contributed by atoms with van der Waals surface area (Å²) in [6.07, 6.45) is 0. The Morgan fingerprint density at radius 3 is 2.46 bits per heavy atom. The highest BCUT2D eigenvalue weighted by atomic mass is 32.1. The summed E-state index contributed by atoms with van der Waals surface area (Å²) < 4.78 is 12.9. The SMILES string of the molecule is COCCn1c(=NC(=O)c2ccccc2C(=O)OC)sc2ccccc21. The number of hydrogen-bond acceptors (Lipinski definition) is 5. The Labute approximate surface area is 154 Å². The van der Waals surface area contributed by atoms with Gasteiger partial charge in [-0.1, -0.05) is 35.6 Å². The van der Waals surface area contributed by atoms with Crippen LogP contribution in [0.3, 0.4) is 0 Å². The highest BCUT2D eigenvalue weighted by molar-refractivity contribution is 7.16. The van der Waals surface area contributed by atoms with E-state index in [9.17, 15) is 9.59 Å². The Hall–Kier alpha value is -2.77. The maximum atomic E-state index is 12.7. The number of aromatic nitrogens is 1. The number of ether oxygens (including phenoxy) is 2. The fourth-order valence-electron chi connectivity index (χ4n) is 2.61. The lowest BCUT2D eigenvalue weighted by Gasteiger charge is -2.05. The highest BCUT2D eigenvalue weighted by Crippen LogP contribution is 2.17.